The van der Waals surface area contributed by atoms with Gasteiger partial charge in [0.2, 0.25) is 0 Å². The Labute approximate surface area is 71.8 Å². The number of ether oxygens (including phenoxy) is 2. The van der Waals surface area contributed by atoms with Crippen LogP contribution in [0.3, 0.4) is 0 Å². The Bertz CT molecular complexity index is 154. The molecule has 0 amide bonds. The third kappa shape index (κ3) is 1.28. The lowest BCUT2D eigenvalue weighted by Gasteiger charge is -2.41. The third-order valence-electron chi connectivity index (χ3n) is 2.40. The fraction of sp³-hybridized carbons (Fsp3) is 1.00. The maximum Gasteiger partial charge on any atom is 0.169 e. The smallest absolute Gasteiger partial charge is 0.169 e. The van der Waals surface area contributed by atoms with Gasteiger partial charge in [0.1, 0.15) is 0 Å². The van der Waals surface area contributed by atoms with Gasteiger partial charge in [0.05, 0.1) is 18.6 Å². The van der Waals surface area contributed by atoms with E-state index in [9.17, 15) is 0 Å². The average Bonchev–Trinajstić information content (AvgIpc) is 2.31. The first-order valence-electron chi connectivity index (χ1n) is 4.12. The molecule has 2 aliphatic rings. The molecule has 0 aromatic heterocycles. The average molecular weight is 177 g/mol. The highest BCUT2D eigenvalue weighted by molar-refractivity contribution is 6.18. The van der Waals surface area contributed by atoms with Crippen LogP contribution in [0.2, 0.25) is 0 Å². The molecule has 0 aromatic rings. The SMILES string of the molecule is CC1CC2(C1)OCC(CCl)O2. The second kappa shape index (κ2) is 2.61. The number of hydrogen-bond acceptors (Lipinski definition) is 2. The third-order valence-corrected chi connectivity index (χ3v) is 2.75. The summed E-state index contributed by atoms with van der Waals surface area (Å²) in [5.74, 6) is 1.08. The molecule has 2 nitrogen and oxygen atoms in total. The van der Waals surface area contributed by atoms with E-state index in [1.807, 2.05) is 0 Å². The van der Waals surface area contributed by atoms with Gasteiger partial charge in [0.15, 0.2) is 5.79 Å². The Morgan fingerprint density at radius 2 is 2.27 bits per heavy atom. The Morgan fingerprint density at radius 3 is 2.73 bits per heavy atom. The van der Waals surface area contributed by atoms with Gasteiger partial charge in [0.25, 0.3) is 0 Å². The summed E-state index contributed by atoms with van der Waals surface area (Å²) < 4.78 is 11.2. The molecule has 1 saturated heterocycles. The molecule has 2 fully saturated rings. The minimum Gasteiger partial charge on any atom is -0.347 e. The molecule has 11 heavy (non-hydrogen) atoms. The first-order valence-corrected chi connectivity index (χ1v) is 4.65. The van der Waals surface area contributed by atoms with E-state index in [1.165, 1.54) is 0 Å². The van der Waals surface area contributed by atoms with Crippen molar-refractivity contribution in [3.63, 3.8) is 0 Å². The van der Waals surface area contributed by atoms with E-state index >= 15 is 0 Å². The van der Waals surface area contributed by atoms with Crippen LogP contribution >= 0.6 is 11.6 Å². The number of rotatable bonds is 1. The zero-order valence-electron chi connectivity index (χ0n) is 6.68. The van der Waals surface area contributed by atoms with E-state index in [4.69, 9.17) is 21.1 Å². The summed E-state index contributed by atoms with van der Waals surface area (Å²) >= 11 is 5.65. The van der Waals surface area contributed by atoms with Crippen molar-refractivity contribution in [1.82, 2.24) is 0 Å². The number of alkyl halides is 1. The van der Waals surface area contributed by atoms with E-state index in [1.54, 1.807) is 0 Å². The summed E-state index contributed by atoms with van der Waals surface area (Å²) in [7, 11) is 0. The van der Waals surface area contributed by atoms with Gasteiger partial charge in [-0.1, -0.05) is 6.92 Å². The fourth-order valence-electron chi connectivity index (χ4n) is 1.91. The molecular formula is C8H13ClO2. The fourth-order valence-corrected chi connectivity index (χ4v) is 2.06. The van der Waals surface area contributed by atoms with E-state index in [2.05, 4.69) is 6.92 Å². The molecule has 2 rings (SSSR count). The molecule has 1 unspecified atom stereocenters. The highest BCUT2D eigenvalue weighted by atomic mass is 35.5. The molecule has 1 saturated carbocycles. The van der Waals surface area contributed by atoms with Crippen molar-refractivity contribution in [3.05, 3.63) is 0 Å². The van der Waals surface area contributed by atoms with E-state index in [0.717, 1.165) is 18.8 Å². The molecule has 1 aliphatic carbocycles. The minimum absolute atomic E-state index is 0.129. The number of hydrogen-bond donors (Lipinski definition) is 0. The van der Waals surface area contributed by atoms with Crippen LogP contribution in [0.25, 0.3) is 0 Å². The topological polar surface area (TPSA) is 18.5 Å². The van der Waals surface area contributed by atoms with Crippen LogP contribution in [0.1, 0.15) is 19.8 Å². The van der Waals surface area contributed by atoms with Crippen molar-refractivity contribution in [3.8, 4) is 0 Å². The molecule has 0 radical (unpaired) electrons. The van der Waals surface area contributed by atoms with Gasteiger partial charge in [-0.3, -0.25) is 0 Å². The molecule has 1 atom stereocenters. The lowest BCUT2D eigenvalue weighted by Crippen LogP contribution is -2.44. The van der Waals surface area contributed by atoms with E-state index in [0.29, 0.717) is 12.5 Å². The van der Waals surface area contributed by atoms with Crippen molar-refractivity contribution >= 4 is 11.6 Å². The summed E-state index contributed by atoms with van der Waals surface area (Å²) in [6, 6.07) is 0. The largest absolute Gasteiger partial charge is 0.347 e. The van der Waals surface area contributed by atoms with Gasteiger partial charge in [-0.25, -0.2) is 0 Å². The van der Waals surface area contributed by atoms with Crippen molar-refractivity contribution in [2.45, 2.75) is 31.7 Å². The normalized spacial score (nSPS) is 49.6. The maximum absolute atomic E-state index is 5.65. The van der Waals surface area contributed by atoms with Crippen molar-refractivity contribution in [2.24, 2.45) is 5.92 Å². The van der Waals surface area contributed by atoms with Gasteiger partial charge in [-0.2, -0.15) is 0 Å². The summed E-state index contributed by atoms with van der Waals surface area (Å²) in [6.45, 7) is 2.89. The molecular weight excluding hydrogens is 164 g/mol. The highest BCUT2D eigenvalue weighted by Gasteiger charge is 2.49. The van der Waals surface area contributed by atoms with Crippen LogP contribution in [-0.2, 0) is 9.47 Å². The number of halogens is 1. The summed E-state index contributed by atoms with van der Waals surface area (Å²) in [5.41, 5.74) is 0. The van der Waals surface area contributed by atoms with Crippen LogP contribution in [0.4, 0.5) is 0 Å². The maximum atomic E-state index is 5.65. The molecule has 0 bridgehead atoms. The summed E-state index contributed by atoms with van der Waals surface area (Å²) in [6.07, 6.45) is 2.21. The van der Waals surface area contributed by atoms with Gasteiger partial charge in [0, 0.05) is 12.8 Å². The quantitative estimate of drug-likeness (QED) is 0.567. The predicted molar refractivity (Wildman–Crippen MR) is 42.7 cm³/mol. The monoisotopic (exact) mass is 176 g/mol. The molecule has 1 aliphatic heterocycles. The standard InChI is InChI=1S/C8H13ClO2/c1-6-2-8(3-6)10-5-7(4-9)11-8/h6-7H,2-5H2,1H3. The van der Waals surface area contributed by atoms with Gasteiger partial charge in [-0.15, -0.1) is 11.6 Å². The van der Waals surface area contributed by atoms with Crippen LogP contribution < -0.4 is 0 Å². The van der Waals surface area contributed by atoms with Gasteiger partial charge in [-0.05, 0) is 5.92 Å². The molecule has 0 aromatic carbocycles. The second-order valence-corrected chi connectivity index (χ2v) is 3.94. The van der Waals surface area contributed by atoms with Crippen molar-refractivity contribution in [1.29, 1.82) is 0 Å². The lowest BCUT2D eigenvalue weighted by atomic mass is 9.80. The minimum atomic E-state index is -0.223. The Kier molecular flexibility index (Phi) is 1.86. The molecule has 1 heterocycles. The first-order chi connectivity index (χ1) is 5.24. The Balaban J connectivity index is 1.89. The van der Waals surface area contributed by atoms with Crippen molar-refractivity contribution in [2.75, 3.05) is 12.5 Å². The van der Waals surface area contributed by atoms with E-state index in [-0.39, 0.29) is 11.9 Å². The zero-order chi connectivity index (χ0) is 7.90. The molecule has 1 spiro atoms. The van der Waals surface area contributed by atoms with Crippen LogP contribution in [0.15, 0.2) is 0 Å². The predicted octanol–water partition coefficient (Wildman–Crippen LogP) is 1.77. The summed E-state index contributed by atoms with van der Waals surface area (Å²) in [5, 5.41) is 0. The molecule has 3 heteroatoms. The Morgan fingerprint density at radius 1 is 1.55 bits per heavy atom. The highest BCUT2D eigenvalue weighted by Crippen LogP contribution is 2.45. The van der Waals surface area contributed by atoms with Gasteiger partial charge < -0.3 is 9.47 Å². The van der Waals surface area contributed by atoms with Crippen molar-refractivity contribution < 1.29 is 9.47 Å². The summed E-state index contributed by atoms with van der Waals surface area (Å²) in [4.78, 5) is 0. The molecule has 64 valence electrons. The second-order valence-electron chi connectivity index (χ2n) is 3.63. The zero-order valence-corrected chi connectivity index (χ0v) is 7.43. The van der Waals surface area contributed by atoms with Crippen LogP contribution in [0, 0.1) is 5.92 Å². The molecule has 0 N–H and O–H groups in total. The van der Waals surface area contributed by atoms with E-state index < -0.39 is 0 Å². The first kappa shape index (κ1) is 7.84. The lowest BCUT2D eigenvalue weighted by molar-refractivity contribution is -0.234. The van der Waals surface area contributed by atoms with Crippen LogP contribution in [-0.4, -0.2) is 24.4 Å². The van der Waals surface area contributed by atoms with Crippen LogP contribution in [0.5, 0.6) is 0 Å². The van der Waals surface area contributed by atoms with Gasteiger partial charge >= 0.3 is 0 Å². The Hall–Kier alpha value is 0.210.